The highest BCUT2D eigenvalue weighted by atomic mass is 15.1. The van der Waals surface area contributed by atoms with Crippen molar-refractivity contribution in [1.82, 2.24) is 9.13 Å². The monoisotopic (exact) mass is 1140 g/mol. The lowest BCUT2D eigenvalue weighted by molar-refractivity contribution is 0.333. The van der Waals surface area contributed by atoms with E-state index in [2.05, 4.69) is 247 Å². The Labute approximate surface area is 522 Å². The summed E-state index contributed by atoms with van der Waals surface area (Å²) in [6.45, 7) is 41.5. The molecule has 0 atom stereocenters. The van der Waals surface area contributed by atoms with E-state index in [4.69, 9.17) is 0 Å². The largest absolute Gasteiger partial charge is 0.310 e. The zero-order valence-corrected chi connectivity index (χ0v) is 55.3. The summed E-state index contributed by atoms with van der Waals surface area (Å²) >= 11 is 0. The van der Waals surface area contributed by atoms with Crippen LogP contribution in [0.4, 0.5) is 0 Å². The van der Waals surface area contributed by atoms with Crippen LogP contribution in [0.5, 0.6) is 0 Å². The molecule has 3 heteroatoms. The van der Waals surface area contributed by atoms with Crippen molar-refractivity contribution >= 4 is 77.5 Å². The van der Waals surface area contributed by atoms with Crippen molar-refractivity contribution in [3.05, 3.63) is 194 Å². The van der Waals surface area contributed by atoms with Gasteiger partial charge in [-0.05, 0) is 223 Å². The van der Waals surface area contributed by atoms with Gasteiger partial charge in [-0.2, -0.15) is 0 Å². The molecular weight excluding hydrogens is 1060 g/mol. The van der Waals surface area contributed by atoms with Gasteiger partial charge in [-0.3, -0.25) is 0 Å². The van der Waals surface area contributed by atoms with Gasteiger partial charge in [0.15, 0.2) is 0 Å². The summed E-state index contributed by atoms with van der Waals surface area (Å²) in [5, 5.41) is 8.77. The molecule has 0 amide bonds. The number of hydrogen-bond acceptors (Lipinski definition) is 0. The van der Waals surface area contributed by atoms with Gasteiger partial charge >= 0.3 is 0 Å². The lowest BCUT2D eigenvalue weighted by atomic mass is 9.33. The van der Waals surface area contributed by atoms with Crippen LogP contribution in [0.2, 0.25) is 0 Å². The van der Waals surface area contributed by atoms with E-state index in [1.165, 1.54) is 117 Å². The molecule has 2 nitrogen and oxygen atoms in total. The third kappa shape index (κ3) is 5.94. The number of hydrogen-bond donors (Lipinski definition) is 0. The fraction of sp³-hybridized carbons (Fsp3) is 0.388. The Balaban J connectivity index is 1.15. The summed E-state index contributed by atoms with van der Waals surface area (Å²) in [6, 6.07) is 52.6. The van der Waals surface area contributed by atoms with E-state index in [0.29, 0.717) is 0 Å². The van der Waals surface area contributed by atoms with E-state index in [9.17, 15) is 0 Å². The average molecular weight is 1150 g/mol. The average Bonchev–Trinajstić information content (AvgIpc) is 1.41. The van der Waals surface area contributed by atoms with E-state index in [0.717, 1.165) is 44.9 Å². The van der Waals surface area contributed by atoms with Gasteiger partial charge in [-0.25, -0.2) is 0 Å². The molecule has 11 aromatic rings. The van der Waals surface area contributed by atoms with Crippen LogP contribution in [-0.2, 0) is 48.7 Å². The summed E-state index contributed by atoms with van der Waals surface area (Å²) in [6.07, 6.45) is 9.31. The van der Waals surface area contributed by atoms with Crippen molar-refractivity contribution in [3.8, 4) is 33.6 Å². The first-order valence-corrected chi connectivity index (χ1v) is 34.0. The van der Waals surface area contributed by atoms with Crippen molar-refractivity contribution in [2.24, 2.45) is 0 Å². The van der Waals surface area contributed by atoms with E-state index in [-0.39, 0.29) is 50.0 Å². The lowest BCUT2D eigenvalue weighted by Gasteiger charge is -2.48. The zero-order chi connectivity index (χ0) is 60.6. The van der Waals surface area contributed by atoms with Gasteiger partial charge in [0.05, 0.1) is 22.1 Å². The molecular formula is C85H85BN2. The van der Waals surface area contributed by atoms with Gasteiger partial charge in [0, 0.05) is 43.8 Å². The van der Waals surface area contributed by atoms with Crippen molar-refractivity contribution in [3.63, 3.8) is 0 Å². The third-order valence-electron chi connectivity index (χ3n) is 26.2. The van der Waals surface area contributed by atoms with E-state index in [1.54, 1.807) is 60.7 Å². The van der Waals surface area contributed by atoms with Crippen LogP contribution in [0.1, 0.15) is 229 Å². The van der Waals surface area contributed by atoms with E-state index >= 15 is 0 Å². The highest BCUT2D eigenvalue weighted by molar-refractivity contribution is 7.00. The van der Waals surface area contributed by atoms with Crippen molar-refractivity contribution in [1.29, 1.82) is 0 Å². The number of aromatic nitrogens is 2. The standard InChI is InChI=1S/C85H85BN2/c1-77(2)33-37-81(9,10)67-54(77)31-32-62-63(67)64-69-56(79(5,6)35-39-83(69,13)14)44-60-75(64)87(62)72-51(48-30-29-46-23-17-18-24-47(46)41-48)42-58-74-71(72)86(60)61-45-57-70(84(15,16)40-36-80(57,7)8)66-65-68-55(78(3,4)34-38-82(68,11)12)43-59(73(65)88(74)76(61)66)85(58)52-27-21-19-25-49(52)50-26-20-22-28-53(50)85/h17-32,41-45H,33-40H2,1-16H3. The van der Waals surface area contributed by atoms with Crippen LogP contribution in [0.15, 0.2) is 127 Å². The molecule has 0 N–H and O–H groups in total. The van der Waals surface area contributed by atoms with Gasteiger partial charge in [0.25, 0.3) is 6.71 Å². The molecule has 0 fully saturated rings. The Morgan fingerprint density at radius 3 is 1.31 bits per heavy atom. The molecule has 0 radical (unpaired) electrons. The number of nitrogens with zero attached hydrogens (tertiary/aromatic N) is 2. The smallest absolute Gasteiger partial charge is 0.252 e. The highest BCUT2D eigenvalue weighted by Crippen LogP contribution is 2.67. The summed E-state index contributed by atoms with van der Waals surface area (Å²) in [5.41, 5.74) is 36.1. The van der Waals surface area contributed by atoms with Gasteiger partial charge in [-0.15, -0.1) is 0 Å². The summed E-state index contributed by atoms with van der Waals surface area (Å²) in [4.78, 5) is 0. The predicted molar refractivity (Wildman–Crippen MR) is 375 cm³/mol. The van der Waals surface area contributed by atoms with Crippen LogP contribution < -0.4 is 16.4 Å². The Bertz CT molecular complexity index is 5120. The molecule has 5 aliphatic carbocycles. The maximum Gasteiger partial charge on any atom is 0.252 e. The SMILES string of the molecule is CC1(C)CCC(C)(C)c2c1ccc1c2c2c3c(cc4c2n1-c1c(-c2ccc5ccccc5c2)cc2c5c1B4c1cc4c(c6c7c8c(cc(c7n-5c16)C21c2ccccc2-c2ccccc21)C(C)(C)CCC8(C)C)C(C)(C)CCC4(C)C)C(C)(C)CCC3(C)C. The minimum absolute atomic E-state index is 0.0320. The van der Waals surface area contributed by atoms with Gasteiger partial charge in [0.2, 0.25) is 0 Å². The van der Waals surface area contributed by atoms with E-state index < -0.39 is 5.41 Å². The topological polar surface area (TPSA) is 9.86 Å². The molecule has 0 bridgehead atoms. The first-order chi connectivity index (χ1) is 41.6. The van der Waals surface area contributed by atoms with Crippen LogP contribution in [0.25, 0.3) is 88.0 Å². The predicted octanol–water partition coefficient (Wildman–Crippen LogP) is 19.9. The fourth-order valence-electron chi connectivity index (χ4n) is 21.2. The number of rotatable bonds is 1. The molecule has 8 aliphatic rings. The Hall–Kier alpha value is -7.10. The second kappa shape index (κ2) is 15.7. The zero-order valence-electron chi connectivity index (χ0n) is 55.3. The normalized spacial score (nSPS) is 21.6. The summed E-state index contributed by atoms with van der Waals surface area (Å²) in [7, 11) is 0. The molecule has 9 aromatic carbocycles. The maximum absolute atomic E-state index is 3.00. The highest BCUT2D eigenvalue weighted by Gasteiger charge is 2.59. The molecule has 438 valence electrons. The molecule has 0 saturated heterocycles. The van der Waals surface area contributed by atoms with Gasteiger partial charge in [-0.1, -0.05) is 220 Å². The lowest BCUT2D eigenvalue weighted by Crippen LogP contribution is -2.61. The summed E-state index contributed by atoms with van der Waals surface area (Å²) in [5.74, 6) is 0. The molecule has 0 saturated carbocycles. The van der Waals surface area contributed by atoms with Crippen molar-refractivity contribution in [2.45, 2.75) is 211 Å². The Morgan fingerprint density at radius 2 is 0.750 bits per heavy atom. The second-order valence-corrected chi connectivity index (χ2v) is 34.8. The molecule has 2 aromatic heterocycles. The Kier molecular flexibility index (Phi) is 9.43. The molecule has 5 heterocycles. The summed E-state index contributed by atoms with van der Waals surface area (Å²) < 4.78 is 5.94. The fourth-order valence-corrected chi connectivity index (χ4v) is 21.2. The maximum atomic E-state index is 3.00. The second-order valence-electron chi connectivity index (χ2n) is 34.8. The molecule has 88 heavy (non-hydrogen) atoms. The first kappa shape index (κ1) is 52.8. The van der Waals surface area contributed by atoms with Crippen LogP contribution >= 0.6 is 0 Å². The van der Waals surface area contributed by atoms with E-state index in [1.807, 2.05) is 0 Å². The minimum Gasteiger partial charge on any atom is -0.310 e. The number of benzene rings is 9. The van der Waals surface area contributed by atoms with Crippen LogP contribution in [0.3, 0.4) is 0 Å². The van der Waals surface area contributed by atoms with Gasteiger partial charge in [0.1, 0.15) is 0 Å². The minimum atomic E-state index is -0.639. The molecule has 3 aliphatic heterocycles. The first-order valence-electron chi connectivity index (χ1n) is 34.0. The van der Waals surface area contributed by atoms with Crippen LogP contribution in [-0.4, -0.2) is 15.8 Å². The molecule has 0 unspecified atom stereocenters. The van der Waals surface area contributed by atoms with Crippen molar-refractivity contribution < 1.29 is 0 Å². The van der Waals surface area contributed by atoms with Gasteiger partial charge < -0.3 is 9.13 Å². The number of fused-ring (bicyclic) bond motifs is 23. The third-order valence-corrected chi connectivity index (χ3v) is 26.2. The quantitative estimate of drug-likeness (QED) is 0.145. The van der Waals surface area contributed by atoms with Crippen LogP contribution in [0, 0.1) is 0 Å². The Morgan fingerprint density at radius 1 is 0.307 bits per heavy atom. The molecule has 1 spiro atoms. The van der Waals surface area contributed by atoms with Crippen molar-refractivity contribution in [2.75, 3.05) is 0 Å². The molecule has 19 rings (SSSR count).